The molecule has 2 aromatic carbocycles. The molecule has 0 radical (unpaired) electrons. The number of anilines is 2. The zero-order chi connectivity index (χ0) is 23.5. The lowest BCUT2D eigenvalue weighted by atomic mass is 10.1. The maximum absolute atomic E-state index is 13.2. The Morgan fingerprint density at radius 3 is 2.45 bits per heavy atom. The standard InChI is InChI=1S/C24H23FN4O4/c1-15-3-7-19(8-4-15)28-13-17(12-23(28)31)24(32)33-14-22(30)26-21-11-16(2)27-29(21)20-9-5-18(25)6-10-20/h3-11,17H,12-14H2,1-2H3,(H,26,30). The third-order valence-electron chi connectivity index (χ3n) is 5.32. The lowest BCUT2D eigenvalue weighted by Gasteiger charge is -2.16. The van der Waals surface area contributed by atoms with Gasteiger partial charge in [-0.25, -0.2) is 9.07 Å². The number of benzene rings is 2. The highest BCUT2D eigenvalue weighted by Gasteiger charge is 2.36. The van der Waals surface area contributed by atoms with Crippen LogP contribution in [0.4, 0.5) is 15.9 Å². The second-order valence-corrected chi connectivity index (χ2v) is 7.96. The quantitative estimate of drug-likeness (QED) is 0.583. The van der Waals surface area contributed by atoms with Crippen molar-refractivity contribution in [1.29, 1.82) is 0 Å². The fraction of sp³-hybridized carbons (Fsp3) is 0.250. The van der Waals surface area contributed by atoms with Gasteiger partial charge >= 0.3 is 5.97 Å². The summed E-state index contributed by atoms with van der Waals surface area (Å²) in [7, 11) is 0. The number of aryl methyl sites for hydroxylation is 2. The smallest absolute Gasteiger partial charge is 0.311 e. The zero-order valence-corrected chi connectivity index (χ0v) is 18.2. The van der Waals surface area contributed by atoms with Gasteiger partial charge in [-0.3, -0.25) is 14.4 Å². The van der Waals surface area contributed by atoms with E-state index in [-0.39, 0.29) is 24.7 Å². The number of aromatic nitrogens is 2. The topological polar surface area (TPSA) is 93.5 Å². The van der Waals surface area contributed by atoms with Crippen molar-refractivity contribution in [2.75, 3.05) is 23.4 Å². The normalized spacial score (nSPS) is 15.5. The average Bonchev–Trinajstić information content (AvgIpc) is 3.35. The summed E-state index contributed by atoms with van der Waals surface area (Å²) in [4.78, 5) is 38.8. The highest BCUT2D eigenvalue weighted by Crippen LogP contribution is 2.26. The first-order valence-corrected chi connectivity index (χ1v) is 10.5. The molecule has 3 aromatic rings. The van der Waals surface area contributed by atoms with Gasteiger partial charge < -0.3 is 15.0 Å². The number of nitrogens with one attached hydrogen (secondary N) is 1. The number of halogens is 1. The average molecular weight is 450 g/mol. The Labute approximate surface area is 190 Å². The maximum atomic E-state index is 13.2. The zero-order valence-electron chi connectivity index (χ0n) is 18.2. The lowest BCUT2D eigenvalue weighted by Crippen LogP contribution is -2.28. The van der Waals surface area contributed by atoms with Crippen LogP contribution in [-0.2, 0) is 19.1 Å². The molecule has 2 heterocycles. The van der Waals surface area contributed by atoms with E-state index in [0.717, 1.165) is 11.3 Å². The second kappa shape index (κ2) is 9.23. The number of hydrogen-bond acceptors (Lipinski definition) is 5. The fourth-order valence-corrected chi connectivity index (χ4v) is 3.64. The van der Waals surface area contributed by atoms with Crippen molar-refractivity contribution >= 4 is 29.3 Å². The van der Waals surface area contributed by atoms with Gasteiger partial charge in [0.1, 0.15) is 11.6 Å². The lowest BCUT2D eigenvalue weighted by molar-refractivity contribution is -0.151. The van der Waals surface area contributed by atoms with Crippen LogP contribution in [0, 0.1) is 25.6 Å². The van der Waals surface area contributed by atoms with E-state index < -0.39 is 24.4 Å². The van der Waals surface area contributed by atoms with Crippen LogP contribution in [0.2, 0.25) is 0 Å². The minimum Gasteiger partial charge on any atom is -0.455 e. The van der Waals surface area contributed by atoms with Crippen LogP contribution in [0.25, 0.3) is 5.69 Å². The van der Waals surface area contributed by atoms with Crippen molar-refractivity contribution in [3.8, 4) is 5.69 Å². The van der Waals surface area contributed by atoms with Gasteiger partial charge in [0.2, 0.25) is 5.91 Å². The van der Waals surface area contributed by atoms with E-state index in [2.05, 4.69) is 10.4 Å². The van der Waals surface area contributed by atoms with Crippen molar-refractivity contribution in [3.63, 3.8) is 0 Å². The number of nitrogens with zero attached hydrogens (tertiary/aromatic N) is 3. The molecule has 170 valence electrons. The predicted molar refractivity (Wildman–Crippen MR) is 119 cm³/mol. The van der Waals surface area contributed by atoms with E-state index in [4.69, 9.17) is 4.74 Å². The van der Waals surface area contributed by atoms with Crippen molar-refractivity contribution in [2.24, 2.45) is 5.92 Å². The Kier molecular flexibility index (Phi) is 6.21. The van der Waals surface area contributed by atoms with E-state index in [1.807, 2.05) is 31.2 Å². The number of hydrogen-bond donors (Lipinski definition) is 1. The molecule has 1 aliphatic heterocycles. The molecule has 33 heavy (non-hydrogen) atoms. The van der Waals surface area contributed by atoms with E-state index in [0.29, 0.717) is 17.2 Å². The van der Waals surface area contributed by atoms with Crippen LogP contribution in [0.1, 0.15) is 17.7 Å². The van der Waals surface area contributed by atoms with E-state index in [9.17, 15) is 18.8 Å². The Balaban J connectivity index is 1.34. The molecule has 1 N–H and O–H groups in total. The predicted octanol–water partition coefficient (Wildman–Crippen LogP) is 3.16. The molecule has 1 aliphatic rings. The largest absolute Gasteiger partial charge is 0.455 e. The number of carbonyl (C=O) groups excluding carboxylic acids is 3. The molecule has 0 saturated carbocycles. The summed E-state index contributed by atoms with van der Waals surface area (Å²) in [6, 6.07) is 14.8. The minimum atomic E-state index is -0.640. The highest BCUT2D eigenvalue weighted by atomic mass is 19.1. The van der Waals surface area contributed by atoms with E-state index in [1.54, 1.807) is 17.9 Å². The van der Waals surface area contributed by atoms with Crippen LogP contribution in [0.3, 0.4) is 0 Å². The number of rotatable bonds is 6. The van der Waals surface area contributed by atoms with Crippen LogP contribution >= 0.6 is 0 Å². The summed E-state index contributed by atoms with van der Waals surface area (Å²) in [5.41, 5.74) is 3.01. The van der Waals surface area contributed by atoms with Gasteiger partial charge in [-0.15, -0.1) is 0 Å². The molecule has 0 spiro atoms. The second-order valence-electron chi connectivity index (χ2n) is 7.96. The molecular weight excluding hydrogens is 427 g/mol. The van der Waals surface area contributed by atoms with Crippen molar-refractivity contribution in [1.82, 2.24) is 9.78 Å². The monoisotopic (exact) mass is 450 g/mol. The molecule has 2 amide bonds. The highest BCUT2D eigenvalue weighted by molar-refractivity contribution is 6.00. The molecular formula is C24H23FN4O4. The fourth-order valence-electron chi connectivity index (χ4n) is 3.64. The molecule has 4 rings (SSSR count). The van der Waals surface area contributed by atoms with Crippen LogP contribution in [0.15, 0.2) is 54.6 Å². The van der Waals surface area contributed by atoms with Gasteiger partial charge in [0, 0.05) is 24.7 Å². The SMILES string of the molecule is Cc1ccc(N2CC(C(=O)OCC(=O)Nc3cc(C)nn3-c3ccc(F)cc3)CC2=O)cc1. The van der Waals surface area contributed by atoms with E-state index in [1.165, 1.54) is 28.9 Å². The van der Waals surface area contributed by atoms with Crippen LogP contribution in [-0.4, -0.2) is 40.7 Å². The maximum Gasteiger partial charge on any atom is 0.311 e. The first-order chi connectivity index (χ1) is 15.8. The molecule has 0 bridgehead atoms. The van der Waals surface area contributed by atoms with E-state index >= 15 is 0 Å². The van der Waals surface area contributed by atoms with Gasteiger partial charge in [-0.05, 0) is 50.2 Å². The van der Waals surface area contributed by atoms with Gasteiger partial charge in [0.15, 0.2) is 6.61 Å². The number of carbonyl (C=O) groups is 3. The summed E-state index contributed by atoms with van der Waals surface area (Å²) >= 11 is 0. The molecule has 0 aliphatic carbocycles. The van der Waals surface area contributed by atoms with Gasteiger partial charge in [0.25, 0.3) is 5.91 Å². The summed E-state index contributed by atoms with van der Waals surface area (Å²) in [6.45, 7) is 3.42. The van der Waals surface area contributed by atoms with Gasteiger partial charge in [-0.1, -0.05) is 17.7 Å². The Morgan fingerprint density at radius 2 is 1.76 bits per heavy atom. The third-order valence-corrected chi connectivity index (χ3v) is 5.32. The number of esters is 1. The molecule has 1 saturated heterocycles. The Bertz CT molecular complexity index is 1190. The van der Waals surface area contributed by atoms with Gasteiger partial charge in [-0.2, -0.15) is 5.10 Å². The molecule has 1 atom stereocenters. The molecule has 8 nitrogen and oxygen atoms in total. The van der Waals surface area contributed by atoms with Crippen LogP contribution in [0.5, 0.6) is 0 Å². The molecule has 1 unspecified atom stereocenters. The number of ether oxygens (including phenoxy) is 1. The third kappa shape index (κ3) is 5.08. The summed E-state index contributed by atoms with van der Waals surface area (Å²) in [5.74, 6) is -1.97. The summed E-state index contributed by atoms with van der Waals surface area (Å²) < 4.78 is 19.8. The molecule has 9 heteroatoms. The van der Waals surface area contributed by atoms with Crippen molar-refractivity contribution < 1.29 is 23.5 Å². The molecule has 1 aromatic heterocycles. The first kappa shape index (κ1) is 22.2. The van der Waals surface area contributed by atoms with Crippen molar-refractivity contribution in [3.05, 3.63) is 71.7 Å². The Hall–Kier alpha value is -4.01. The summed E-state index contributed by atoms with van der Waals surface area (Å²) in [5, 5.41) is 6.95. The Morgan fingerprint density at radius 1 is 1.09 bits per heavy atom. The first-order valence-electron chi connectivity index (χ1n) is 10.5. The van der Waals surface area contributed by atoms with Crippen LogP contribution < -0.4 is 10.2 Å². The minimum absolute atomic E-state index is 0.0326. The number of amides is 2. The summed E-state index contributed by atoms with van der Waals surface area (Å²) in [6.07, 6.45) is 0.0326. The molecule has 1 fully saturated rings. The van der Waals surface area contributed by atoms with Crippen molar-refractivity contribution in [2.45, 2.75) is 20.3 Å². The van der Waals surface area contributed by atoms with Gasteiger partial charge in [0.05, 0.1) is 17.3 Å².